The normalized spacial score (nSPS) is 26.8. The van der Waals surface area contributed by atoms with Gasteiger partial charge in [0.1, 0.15) is 11.8 Å². The maximum atomic E-state index is 11.7. The average molecular weight is 223 g/mol. The maximum Gasteiger partial charge on any atom is 0.238 e. The minimum Gasteiger partial charge on any atom is -0.468 e. The van der Waals surface area contributed by atoms with Crippen molar-refractivity contribution in [2.45, 2.75) is 25.6 Å². The van der Waals surface area contributed by atoms with Crippen molar-refractivity contribution in [2.75, 3.05) is 13.1 Å². The number of carbonyl (C=O) groups excluding carboxylic acids is 1. The van der Waals surface area contributed by atoms with Gasteiger partial charge in [0.05, 0.1) is 12.8 Å². The molecule has 0 spiro atoms. The van der Waals surface area contributed by atoms with Crippen LogP contribution in [0.1, 0.15) is 12.7 Å². The van der Waals surface area contributed by atoms with E-state index >= 15 is 0 Å². The third-order valence-corrected chi connectivity index (χ3v) is 2.80. The zero-order valence-corrected chi connectivity index (χ0v) is 9.35. The van der Waals surface area contributed by atoms with E-state index in [4.69, 9.17) is 10.2 Å². The van der Waals surface area contributed by atoms with Crippen LogP contribution in [0.4, 0.5) is 0 Å². The maximum absolute atomic E-state index is 11.7. The minimum absolute atomic E-state index is 0.00723. The second kappa shape index (κ2) is 4.67. The van der Waals surface area contributed by atoms with E-state index in [2.05, 4.69) is 10.2 Å². The minimum atomic E-state index is -0.249. The zero-order chi connectivity index (χ0) is 11.5. The summed E-state index contributed by atoms with van der Waals surface area (Å²) in [6.45, 7) is 3.75. The SMILES string of the molecule is CC1CN(Cc2ccco2)C(CN)C(=O)N1. The molecule has 1 aliphatic heterocycles. The van der Waals surface area contributed by atoms with Gasteiger partial charge in [-0.1, -0.05) is 0 Å². The highest BCUT2D eigenvalue weighted by molar-refractivity contribution is 5.83. The topological polar surface area (TPSA) is 71.5 Å². The van der Waals surface area contributed by atoms with Crippen molar-refractivity contribution in [3.63, 3.8) is 0 Å². The summed E-state index contributed by atoms with van der Waals surface area (Å²) in [7, 11) is 0. The summed E-state index contributed by atoms with van der Waals surface area (Å²) >= 11 is 0. The quantitative estimate of drug-likeness (QED) is 0.752. The van der Waals surface area contributed by atoms with Gasteiger partial charge in [-0.05, 0) is 19.1 Å². The first-order chi connectivity index (χ1) is 7.70. The van der Waals surface area contributed by atoms with Crippen LogP contribution in [0.3, 0.4) is 0 Å². The second-order valence-corrected chi connectivity index (χ2v) is 4.17. The van der Waals surface area contributed by atoms with Crippen LogP contribution in [0.5, 0.6) is 0 Å². The fourth-order valence-corrected chi connectivity index (χ4v) is 2.06. The lowest BCUT2D eigenvalue weighted by atomic mass is 10.1. The average Bonchev–Trinajstić information content (AvgIpc) is 2.70. The lowest BCUT2D eigenvalue weighted by molar-refractivity contribution is -0.130. The molecule has 0 bridgehead atoms. The van der Waals surface area contributed by atoms with Crippen LogP contribution < -0.4 is 11.1 Å². The number of hydrogen-bond donors (Lipinski definition) is 2. The van der Waals surface area contributed by atoms with Crippen LogP contribution in [-0.2, 0) is 11.3 Å². The molecule has 16 heavy (non-hydrogen) atoms. The third-order valence-electron chi connectivity index (χ3n) is 2.80. The molecule has 0 aromatic carbocycles. The molecular weight excluding hydrogens is 206 g/mol. The molecule has 88 valence electrons. The molecule has 1 fully saturated rings. The number of nitrogens with two attached hydrogens (primary N) is 1. The summed E-state index contributed by atoms with van der Waals surface area (Å²) < 4.78 is 5.29. The van der Waals surface area contributed by atoms with Crippen LogP contribution in [0.15, 0.2) is 22.8 Å². The van der Waals surface area contributed by atoms with E-state index in [1.54, 1.807) is 6.26 Å². The van der Waals surface area contributed by atoms with Crippen LogP contribution in [0.2, 0.25) is 0 Å². The van der Waals surface area contributed by atoms with E-state index in [9.17, 15) is 4.79 Å². The molecule has 2 rings (SSSR count). The van der Waals surface area contributed by atoms with Crippen molar-refractivity contribution in [2.24, 2.45) is 5.73 Å². The van der Waals surface area contributed by atoms with E-state index in [1.807, 2.05) is 19.1 Å². The van der Waals surface area contributed by atoms with Crippen molar-refractivity contribution in [3.05, 3.63) is 24.2 Å². The van der Waals surface area contributed by atoms with Crippen LogP contribution in [-0.4, -0.2) is 36.0 Å². The molecule has 0 saturated carbocycles. The zero-order valence-electron chi connectivity index (χ0n) is 9.35. The first-order valence-electron chi connectivity index (χ1n) is 5.47. The standard InChI is InChI=1S/C11H17N3O2/c1-8-6-14(7-9-3-2-4-16-9)10(5-12)11(15)13-8/h2-4,8,10H,5-7,12H2,1H3,(H,13,15). The van der Waals surface area contributed by atoms with Crippen LogP contribution >= 0.6 is 0 Å². The summed E-state index contributed by atoms with van der Waals surface area (Å²) in [5, 5.41) is 2.90. The Morgan fingerprint density at radius 1 is 1.69 bits per heavy atom. The molecule has 1 aromatic rings. The van der Waals surface area contributed by atoms with Gasteiger partial charge in [0.25, 0.3) is 0 Å². The van der Waals surface area contributed by atoms with Gasteiger partial charge in [-0.3, -0.25) is 9.69 Å². The molecule has 1 aromatic heterocycles. The Morgan fingerprint density at radius 3 is 3.12 bits per heavy atom. The number of piperazine rings is 1. The Morgan fingerprint density at radius 2 is 2.50 bits per heavy atom. The Kier molecular flexibility index (Phi) is 3.26. The van der Waals surface area contributed by atoms with E-state index in [0.29, 0.717) is 13.1 Å². The lowest BCUT2D eigenvalue weighted by Crippen LogP contribution is -2.61. The molecule has 5 nitrogen and oxygen atoms in total. The van der Waals surface area contributed by atoms with Crippen molar-refractivity contribution in [1.29, 1.82) is 0 Å². The largest absolute Gasteiger partial charge is 0.468 e. The Labute approximate surface area is 94.6 Å². The first kappa shape index (κ1) is 11.2. The van der Waals surface area contributed by atoms with E-state index in [-0.39, 0.29) is 18.0 Å². The molecule has 1 aliphatic rings. The van der Waals surface area contributed by atoms with Gasteiger partial charge in [-0.25, -0.2) is 0 Å². The number of nitrogens with one attached hydrogen (secondary N) is 1. The molecule has 2 heterocycles. The van der Waals surface area contributed by atoms with Crippen LogP contribution in [0, 0.1) is 0 Å². The predicted molar refractivity (Wildman–Crippen MR) is 59.6 cm³/mol. The molecule has 1 amide bonds. The fraction of sp³-hybridized carbons (Fsp3) is 0.545. The van der Waals surface area contributed by atoms with Crippen molar-refractivity contribution in [3.8, 4) is 0 Å². The highest BCUT2D eigenvalue weighted by Gasteiger charge is 2.31. The molecular formula is C11H17N3O2. The molecule has 2 unspecified atom stereocenters. The number of amides is 1. The summed E-state index contributed by atoms with van der Waals surface area (Å²) in [6.07, 6.45) is 1.64. The second-order valence-electron chi connectivity index (χ2n) is 4.17. The highest BCUT2D eigenvalue weighted by atomic mass is 16.3. The van der Waals surface area contributed by atoms with E-state index < -0.39 is 0 Å². The number of furan rings is 1. The molecule has 5 heteroatoms. The van der Waals surface area contributed by atoms with Gasteiger partial charge in [0.2, 0.25) is 5.91 Å². The van der Waals surface area contributed by atoms with E-state index in [1.165, 1.54) is 0 Å². The van der Waals surface area contributed by atoms with Gasteiger partial charge in [0.15, 0.2) is 0 Å². The predicted octanol–water partition coefficient (Wildman–Crippen LogP) is -0.0728. The molecule has 1 saturated heterocycles. The monoisotopic (exact) mass is 223 g/mol. The van der Waals surface area contributed by atoms with Crippen molar-refractivity contribution in [1.82, 2.24) is 10.2 Å². The van der Waals surface area contributed by atoms with Gasteiger partial charge in [-0.2, -0.15) is 0 Å². The molecule has 0 radical (unpaired) electrons. The third kappa shape index (κ3) is 2.25. The number of carbonyl (C=O) groups is 1. The van der Waals surface area contributed by atoms with E-state index in [0.717, 1.165) is 12.3 Å². The van der Waals surface area contributed by atoms with Crippen molar-refractivity contribution < 1.29 is 9.21 Å². The van der Waals surface area contributed by atoms with Gasteiger partial charge >= 0.3 is 0 Å². The first-order valence-corrected chi connectivity index (χ1v) is 5.47. The summed E-state index contributed by atoms with van der Waals surface area (Å²) in [6, 6.07) is 3.66. The molecule has 0 aliphatic carbocycles. The number of rotatable bonds is 3. The summed E-state index contributed by atoms with van der Waals surface area (Å²) in [5.41, 5.74) is 5.63. The highest BCUT2D eigenvalue weighted by Crippen LogP contribution is 2.13. The van der Waals surface area contributed by atoms with Gasteiger partial charge in [0, 0.05) is 19.1 Å². The fourth-order valence-electron chi connectivity index (χ4n) is 2.06. The lowest BCUT2D eigenvalue weighted by Gasteiger charge is -2.37. The van der Waals surface area contributed by atoms with Crippen molar-refractivity contribution >= 4 is 5.91 Å². The summed E-state index contributed by atoms with van der Waals surface area (Å²) in [5.74, 6) is 0.869. The number of nitrogens with zero attached hydrogens (tertiary/aromatic N) is 1. The Hall–Kier alpha value is -1.33. The Balaban J connectivity index is 2.07. The van der Waals surface area contributed by atoms with Gasteiger partial charge in [-0.15, -0.1) is 0 Å². The van der Waals surface area contributed by atoms with Crippen LogP contribution in [0.25, 0.3) is 0 Å². The molecule has 2 atom stereocenters. The smallest absolute Gasteiger partial charge is 0.238 e. The Bertz CT molecular complexity index is 350. The number of hydrogen-bond acceptors (Lipinski definition) is 4. The van der Waals surface area contributed by atoms with Gasteiger partial charge < -0.3 is 15.5 Å². The molecule has 3 N–H and O–H groups in total. The summed E-state index contributed by atoms with van der Waals surface area (Å²) in [4.78, 5) is 13.8.